The van der Waals surface area contributed by atoms with E-state index in [1.54, 1.807) is 30.1 Å². The van der Waals surface area contributed by atoms with Gasteiger partial charge in [-0.25, -0.2) is 4.98 Å². The molecule has 10 heteroatoms. The number of rotatable bonds is 6. The van der Waals surface area contributed by atoms with Crippen molar-refractivity contribution in [1.82, 2.24) is 20.1 Å². The third-order valence-electron chi connectivity index (χ3n) is 2.84. The Morgan fingerprint density at radius 1 is 1.50 bits per heavy atom. The zero-order chi connectivity index (χ0) is 17.7. The quantitative estimate of drug-likeness (QED) is 0.857. The van der Waals surface area contributed by atoms with E-state index >= 15 is 0 Å². The fourth-order valence-corrected chi connectivity index (χ4v) is 2.07. The van der Waals surface area contributed by atoms with Crippen LogP contribution in [0.25, 0.3) is 0 Å². The number of pyridine rings is 1. The zero-order valence-corrected chi connectivity index (χ0v) is 13.3. The molecule has 0 radical (unpaired) electrons. The third-order valence-corrected chi connectivity index (χ3v) is 3.11. The highest BCUT2D eigenvalue weighted by atomic mass is 35.5. The van der Waals surface area contributed by atoms with Gasteiger partial charge in [-0.05, 0) is 19.1 Å². The second kappa shape index (κ2) is 7.52. The Balaban J connectivity index is 1.96. The van der Waals surface area contributed by atoms with Crippen molar-refractivity contribution < 1.29 is 22.7 Å². The van der Waals surface area contributed by atoms with E-state index < -0.39 is 18.7 Å². The Kier molecular flexibility index (Phi) is 5.66. The summed E-state index contributed by atoms with van der Waals surface area (Å²) in [6, 6.07) is 2.74. The van der Waals surface area contributed by atoms with Crippen LogP contribution in [0.2, 0.25) is 5.02 Å². The van der Waals surface area contributed by atoms with Crippen LogP contribution in [0.5, 0.6) is 5.88 Å². The van der Waals surface area contributed by atoms with Crippen LogP contribution in [0.1, 0.15) is 17.3 Å². The summed E-state index contributed by atoms with van der Waals surface area (Å²) in [6.07, 6.45) is -0.0116. The molecule has 0 saturated heterocycles. The van der Waals surface area contributed by atoms with Gasteiger partial charge < -0.3 is 10.1 Å². The van der Waals surface area contributed by atoms with Gasteiger partial charge in [0.1, 0.15) is 5.02 Å². The van der Waals surface area contributed by atoms with E-state index in [-0.39, 0.29) is 22.5 Å². The molecule has 130 valence electrons. The number of alkyl halides is 3. The highest BCUT2D eigenvalue weighted by Crippen LogP contribution is 2.25. The molecule has 0 aliphatic carbocycles. The average Bonchev–Trinajstić information content (AvgIpc) is 2.97. The minimum atomic E-state index is -4.50. The van der Waals surface area contributed by atoms with Crippen LogP contribution in [-0.2, 0) is 6.54 Å². The van der Waals surface area contributed by atoms with Gasteiger partial charge in [0.15, 0.2) is 6.61 Å². The standard InChI is InChI=1S/C14H14ClF3N4O2/c1-9(7-22-4-2-3-20-22)21-12(23)10-5-11(15)13(19-6-10)24-8-14(16,17)18/h2-6,9H,7-8H2,1H3,(H,21,23)/t9-/m1/s1. The first-order valence-corrected chi connectivity index (χ1v) is 7.26. The second-order valence-corrected chi connectivity index (χ2v) is 5.42. The van der Waals surface area contributed by atoms with Gasteiger partial charge in [-0.1, -0.05) is 11.6 Å². The van der Waals surface area contributed by atoms with Crippen molar-refractivity contribution in [2.45, 2.75) is 25.7 Å². The zero-order valence-electron chi connectivity index (χ0n) is 12.5. The number of nitrogens with one attached hydrogen (secondary N) is 1. The number of aromatic nitrogens is 3. The average molecular weight is 363 g/mol. The summed E-state index contributed by atoms with van der Waals surface area (Å²) in [7, 11) is 0. The minimum absolute atomic E-state index is 0.117. The molecule has 2 aromatic heterocycles. The van der Waals surface area contributed by atoms with Gasteiger partial charge in [0.25, 0.3) is 5.91 Å². The summed E-state index contributed by atoms with van der Waals surface area (Å²) < 4.78 is 42.5. The largest absolute Gasteiger partial charge is 0.467 e. The molecule has 2 aromatic rings. The summed E-state index contributed by atoms with van der Waals surface area (Å²) >= 11 is 5.81. The summed E-state index contributed by atoms with van der Waals surface area (Å²) in [5, 5.41) is 6.57. The molecule has 0 aliphatic rings. The van der Waals surface area contributed by atoms with E-state index in [1.807, 2.05) is 0 Å². The van der Waals surface area contributed by atoms with Gasteiger partial charge in [-0.2, -0.15) is 18.3 Å². The number of halogens is 4. The van der Waals surface area contributed by atoms with Crippen molar-refractivity contribution in [2.75, 3.05) is 6.61 Å². The van der Waals surface area contributed by atoms with Crippen molar-refractivity contribution >= 4 is 17.5 Å². The van der Waals surface area contributed by atoms with E-state index in [0.717, 1.165) is 6.20 Å². The molecular formula is C14H14ClF3N4O2. The van der Waals surface area contributed by atoms with Crippen LogP contribution in [0.15, 0.2) is 30.7 Å². The van der Waals surface area contributed by atoms with E-state index in [9.17, 15) is 18.0 Å². The van der Waals surface area contributed by atoms with Crippen LogP contribution in [-0.4, -0.2) is 39.5 Å². The number of nitrogens with zero attached hydrogens (tertiary/aromatic N) is 3. The van der Waals surface area contributed by atoms with Crippen molar-refractivity contribution in [1.29, 1.82) is 0 Å². The number of carbonyl (C=O) groups is 1. The van der Waals surface area contributed by atoms with Gasteiger partial charge >= 0.3 is 6.18 Å². The molecular weight excluding hydrogens is 349 g/mol. The number of carbonyl (C=O) groups excluding carboxylic acids is 1. The predicted molar refractivity (Wildman–Crippen MR) is 80.0 cm³/mol. The molecule has 2 rings (SSSR count). The molecule has 0 unspecified atom stereocenters. The molecule has 6 nitrogen and oxygen atoms in total. The minimum Gasteiger partial charge on any atom is -0.467 e. The van der Waals surface area contributed by atoms with Crippen LogP contribution >= 0.6 is 11.6 Å². The molecule has 0 spiro atoms. The topological polar surface area (TPSA) is 69.0 Å². The summed E-state index contributed by atoms with van der Waals surface area (Å²) in [5.41, 5.74) is 0.117. The Hall–Kier alpha value is -2.29. The van der Waals surface area contributed by atoms with Gasteiger partial charge in [-0.15, -0.1) is 0 Å². The molecule has 1 N–H and O–H groups in total. The maximum absolute atomic E-state index is 12.1. The first-order chi connectivity index (χ1) is 11.2. The Morgan fingerprint density at radius 2 is 2.25 bits per heavy atom. The van der Waals surface area contributed by atoms with E-state index in [4.69, 9.17) is 11.6 Å². The number of hydrogen-bond acceptors (Lipinski definition) is 4. The molecule has 1 atom stereocenters. The lowest BCUT2D eigenvalue weighted by atomic mass is 10.2. The Morgan fingerprint density at radius 3 is 2.83 bits per heavy atom. The molecule has 24 heavy (non-hydrogen) atoms. The first-order valence-electron chi connectivity index (χ1n) is 6.88. The number of hydrogen-bond donors (Lipinski definition) is 1. The number of amides is 1. The highest BCUT2D eigenvalue weighted by Gasteiger charge is 2.29. The molecule has 2 heterocycles. The maximum atomic E-state index is 12.1. The van der Waals surface area contributed by atoms with Crippen molar-refractivity contribution in [3.63, 3.8) is 0 Å². The lowest BCUT2D eigenvalue weighted by molar-refractivity contribution is -0.154. The van der Waals surface area contributed by atoms with Crippen molar-refractivity contribution in [3.05, 3.63) is 41.3 Å². The summed E-state index contributed by atoms with van der Waals surface area (Å²) in [6.45, 7) is 0.744. The molecule has 0 saturated carbocycles. The molecule has 0 bridgehead atoms. The van der Waals surface area contributed by atoms with E-state index in [2.05, 4.69) is 20.1 Å². The maximum Gasteiger partial charge on any atom is 0.422 e. The molecule has 0 aliphatic heterocycles. The number of ether oxygens (including phenoxy) is 1. The first kappa shape index (κ1) is 18.1. The van der Waals surface area contributed by atoms with Gasteiger partial charge in [-0.3, -0.25) is 9.48 Å². The molecule has 1 amide bonds. The normalized spacial score (nSPS) is 12.7. The fourth-order valence-electron chi connectivity index (χ4n) is 1.85. The summed E-state index contributed by atoms with van der Waals surface area (Å²) in [5.74, 6) is -0.832. The fraction of sp³-hybridized carbons (Fsp3) is 0.357. The van der Waals surface area contributed by atoms with Crippen molar-refractivity contribution in [3.8, 4) is 5.88 Å². The second-order valence-electron chi connectivity index (χ2n) is 5.02. The van der Waals surface area contributed by atoms with Crippen molar-refractivity contribution in [2.24, 2.45) is 0 Å². The third kappa shape index (κ3) is 5.41. The van der Waals surface area contributed by atoms with Gasteiger partial charge in [0, 0.05) is 24.6 Å². The predicted octanol–water partition coefficient (Wildman–Crippen LogP) is 2.69. The summed E-state index contributed by atoms with van der Waals surface area (Å²) in [4.78, 5) is 15.8. The van der Waals surface area contributed by atoms with Crippen LogP contribution in [0.3, 0.4) is 0 Å². The smallest absolute Gasteiger partial charge is 0.422 e. The van der Waals surface area contributed by atoms with E-state index in [1.165, 1.54) is 6.07 Å². The van der Waals surface area contributed by atoms with E-state index in [0.29, 0.717) is 6.54 Å². The Bertz CT molecular complexity index is 692. The molecule has 0 fully saturated rings. The van der Waals surface area contributed by atoms with Gasteiger partial charge in [0.05, 0.1) is 12.1 Å². The lowest BCUT2D eigenvalue weighted by Crippen LogP contribution is -2.35. The van der Waals surface area contributed by atoms with Crippen LogP contribution in [0, 0.1) is 0 Å². The lowest BCUT2D eigenvalue weighted by Gasteiger charge is -2.14. The van der Waals surface area contributed by atoms with Crippen LogP contribution < -0.4 is 10.1 Å². The SMILES string of the molecule is C[C@H](Cn1cccn1)NC(=O)c1cnc(OCC(F)(F)F)c(Cl)c1. The Labute approximate surface area is 140 Å². The highest BCUT2D eigenvalue weighted by molar-refractivity contribution is 6.32. The van der Waals surface area contributed by atoms with Crippen LogP contribution in [0.4, 0.5) is 13.2 Å². The monoisotopic (exact) mass is 362 g/mol. The van der Waals surface area contributed by atoms with Gasteiger partial charge in [0.2, 0.25) is 5.88 Å². The molecule has 0 aromatic carbocycles.